The van der Waals surface area contributed by atoms with E-state index in [0.717, 1.165) is 0 Å². The van der Waals surface area contributed by atoms with Gasteiger partial charge in [-0.25, -0.2) is 9.37 Å². The fourth-order valence-corrected chi connectivity index (χ4v) is 1.69. The minimum Gasteiger partial charge on any atom is -0.436 e. The molecule has 0 radical (unpaired) electrons. The van der Waals surface area contributed by atoms with Gasteiger partial charge in [-0.1, -0.05) is 12.1 Å². The Morgan fingerprint density at radius 3 is 2.64 bits per heavy atom. The van der Waals surface area contributed by atoms with Gasteiger partial charge in [-0.3, -0.25) is 0 Å². The Bertz CT molecular complexity index is 467. The van der Waals surface area contributed by atoms with E-state index in [1.165, 1.54) is 6.07 Å². The number of nitrogens with zero attached hydrogens (tertiary/aromatic N) is 1. The van der Waals surface area contributed by atoms with Gasteiger partial charge < -0.3 is 4.42 Å². The smallest absolute Gasteiger partial charge is 0.264 e. The third kappa shape index (κ3) is 1.57. The lowest BCUT2D eigenvalue weighted by Crippen LogP contribution is -1.85. The summed E-state index contributed by atoms with van der Waals surface area (Å²) < 4.78 is 18.5. The largest absolute Gasteiger partial charge is 0.436 e. The monoisotopic (exact) mass is 255 g/mol. The van der Waals surface area contributed by atoms with E-state index in [0.29, 0.717) is 21.8 Å². The highest BCUT2D eigenvalue weighted by Gasteiger charge is 2.12. The molecule has 0 bridgehead atoms. The average Bonchev–Trinajstić information content (AvgIpc) is 2.46. The van der Waals surface area contributed by atoms with Crippen molar-refractivity contribution in [1.82, 2.24) is 4.98 Å². The van der Waals surface area contributed by atoms with Crippen molar-refractivity contribution in [2.45, 2.75) is 6.92 Å². The Morgan fingerprint density at radius 1 is 1.36 bits per heavy atom. The Morgan fingerprint density at radius 2 is 2.07 bits per heavy atom. The van der Waals surface area contributed by atoms with Crippen molar-refractivity contribution in [1.29, 1.82) is 0 Å². The molecule has 2 aromatic rings. The third-order valence-corrected chi connectivity index (χ3v) is 2.24. The molecule has 0 saturated heterocycles. The molecule has 0 atom stereocenters. The molecule has 0 fully saturated rings. The Kier molecular flexibility index (Phi) is 2.37. The van der Waals surface area contributed by atoms with Crippen LogP contribution in [0, 0.1) is 12.7 Å². The zero-order valence-electron chi connectivity index (χ0n) is 7.42. The van der Waals surface area contributed by atoms with Gasteiger partial charge in [0.25, 0.3) is 4.80 Å². The van der Waals surface area contributed by atoms with Gasteiger partial charge in [-0.05, 0) is 19.1 Å². The lowest BCUT2D eigenvalue weighted by Gasteiger charge is -1.98. The van der Waals surface area contributed by atoms with Gasteiger partial charge in [-0.15, -0.1) is 0 Å². The van der Waals surface area contributed by atoms with Gasteiger partial charge >= 0.3 is 0 Å². The van der Waals surface area contributed by atoms with Gasteiger partial charge in [0.15, 0.2) is 0 Å². The number of hydrogen-bond acceptors (Lipinski definition) is 2. The lowest BCUT2D eigenvalue weighted by molar-refractivity contribution is 0.500. The molecule has 0 amide bonds. The molecule has 1 heterocycles. The lowest BCUT2D eigenvalue weighted by atomic mass is 10.1. The number of aryl methyl sites for hydroxylation is 1. The Labute approximate surface area is 88.9 Å². The van der Waals surface area contributed by atoms with Crippen LogP contribution in [-0.2, 0) is 0 Å². The molecule has 14 heavy (non-hydrogen) atoms. The van der Waals surface area contributed by atoms with Crippen LogP contribution in [0.1, 0.15) is 5.76 Å². The predicted molar refractivity (Wildman–Crippen MR) is 54.3 cm³/mol. The second-order valence-electron chi connectivity index (χ2n) is 2.85. The molecule has 2 rings (SSSR count). The van der Waals surface area contributed by atoms with Crippen molar-refractivity contribution in [2.75, 3.05) is 0 Å². The van der Waals surface area contributed by atoms with E-state index < -0.39 is 0 Å². The molecule has 0 saturated carbocycles. The molecule has 0 aliphatic carbocycles. The van der Waals surface area contributed by atoms with Crippen molar-refractivity contribution in [3.8, 4) is 11.3 Å². The van der Waals surface area contributed by atoms with Crippen LogP contribution < -0.4 is 0 Å². The van der Waals surface area contributed by atoms with E-state index in [-0.39, 0.29) is 5.82 Å². The topological polar surface area (TPSA) is 26.0 Å². The van der Waals surface area contributed by atoms with Crippen LogP contribution in [0.15, 0.2) is 33.5 Å². The van der Waals surface area contributed by atoms with Crippen LogP contribution in [0.4, 0.5) is 4.39 Å². The molecule has 2 nitrogen and oxygen atoms in total. The number of oxazole rings is 1. The first-order valence-electron chi connectivity index (χ1n) is 4.06. The van der Waals surface area contributed by atoms with E-state index in [1.54, 1.807) is 25.1 Å². The average molecular weight is 256 g/mol. The van der Waals surface area contributed by atoms with Crippen molar-refractivity contribution in [3.63, 3.8) is 0 Å². The standard InChI is InChI=1S/C10H7BrFNO/c1-6-9(13-10(11)14-6)7-4-2-3-5-8(7)12/h2-5H,1H3. The van der Waals surface area contributed by atoms with Crippen molar-refractivity contribution >= 4 is 15.9 Å². The van der Waals surface area contributed by atoms with Crippen LogP contribution in [0.5, 0.6) is 0 Å². The number of benzene rings is 1. The highest BCUT2D eigenvalue weighted by molar-refractivity contribution is 9.10. The van der Waals surface area contributed by atoms with Gasteiger partial charge in [0.2, 0.25) is 0 Å². The minimum atomic E-state index is -0.295. The maximum absolute atomic E-state index is 13.4. The molecule has 1 aromatic heterocycles. The molecule has 0 aliphatic rings. The summed E-state index contributed by atoms with van der Waals surface area (Å²) in [6, 6.07) is 6.48. The zero-order valence-corrected chi connectivity index (χ0v) is 9.01. The summed E-state index contributed by atoms with van der Waals surface area (Å²) in [5, 5.41) is 0. The molecular formula is C10H7BrFNO. The van der Waals surface area contributed by atoms with Crippen molar-refractivity contribution < 1.29 is 8.81 Å². The van der Waals surface area contributed by atoms with Gasteiger partial charge in [0.05, 0.1) is 0 Å². The van der Waals surface area contributed by atoms with Gasteiger partial charge in [0.1, 0.15) is 17.3 Å². The Hall–Kier alpha value is -1.16. The number of halogens is 2. The summed E-state index contributed by atoms with van der Waals surface area (Å²) in [6.07, 6.45) is 0. The van der Waals surface area contributed by atoms with Gasteiger partial charge in [0, 0.05) is 21.5 Å². The minimum absolute atomic E-state index is 0.295. The predicted octanol–water partition coefficient (Wildman–Crippen LogP) is 3.55. The maximum atomic E-state index is 13.4. The van der Waals surface area contributed by atoms with Crippen LogP contribution in [-0.4, -0.2) is 4.98 Å². The van der Waals surface area contributed by atoms with E-state index >= 15 is 0 Å². The summed E-state index contributed by atoms with van der Waals surface area (Å²) in [4.78, 5) is 4.42. The fourth-order valence-electron chi connectivity index (χ4n) is 1.27. The van der Waals surface area contributed by atoms with Crippen LogP contribution in [0.2, 0.25) is 0 Å². The van der Waals surface area contributed by atoms with Crippen LogP contribution in [0.25, 0.3) is 11.3 Å². The normalized spacial score (nSPS) is 10.5. The van der Waals surface area contributed by atoms with Gasteiger partial charge in [-0.2, -0.15) is 0 Å². The Balaban J connectivity index is 2.60. The second kappa shape index (κ2) is 3.53. The molecule has 0 N–H and O–H groups in total. The molecule has 0 unspecified atom stereocenters. The van der Waals surface area contributed by atoms with Crippen LogP contribution in [0.3, 0.4) is 0 Å². The van der Waals surface area contributed by atoms with Crippen LogP contribution >= 0.6 is 15.9 Å². The van der Waals surface area contributed by atoms with E-state index in [9.17, 15) is 4.39 Å². The molecule has 72 valence electrons. The van der Waals surface area contributed by atoms with E-state index in [4.69, 9.17) is 4.42 Å². The second-order valence-corrected chi connectivity index (χ2v) is 3.53. The molecule has 0 aliphatic heterocycles. The quantitative estimate of drug-likeness (QED) is 0.779. The summed E-state index contributed by atoms with van der Waals surface area (Å²) in [5.74, 6) is 0.304. The summed E-state index contributed by atoms with van der Waals surface area (Å²) in [6.45, 7) is 1.75. The maximum Gasteiger partial charge on any atom is 0.264 e. The van der Waals surface area contributed by atoms with E-state index in [1.807, 2.05) is 0 Å². The molecular weight excluding hydrogens is 249 g/mol. The molecule has 1 aromatic carbocycles. The van der Waals surface area contributed by atoms with E-state index in [2.05, 4.69) is 20.9 Å². The van der Waals surface area contributed by atoms with Crippen molar-refractivity contribution in [2.24, 2.45) is 0 Å². The summed E-state index contributed by atoms with van der Waals surface area (Å²) >= 11 is 3.10. The van der Waals surface area contributed by atoms with Crippen molar-refractivity contribution in [3.05, 3.63) is 40.6 Å². The third-order valence-electron chi connectivity index (χ3n) is 1.90. The first kappa shape index (κ1) is 9.40. The zero-order chi connectivity index (χ0) is 10.1. The highest BCUT2D eigenvalue weighted by Crippen LogP contribution is 2.27. The SMILES string of the molecule is Cc1oc(Br)nc1-c1ccccc1F. The molecule has 0 spiro atoms. The number of hydrogen-bond donors (Lipinski definition) is 0. The summed E-state index contributed by atoms with van der Waals surface area (Å²) in [5.41, 5.74) is 0.995. The highest BCUT2D eigenvalue weighted by atomic mass is 79.9. The summed E-state index contributed by atoms with van der Waals surface area (Å²) in [7, 11) is 0. The molecule has 4 heteroatoms. The first-order chi connectivity index (χ1) is 6.68. The first-order valence-corrected chi connectivity index (χ1v) is 4.85. The number of aromatic nitrogens is 1. The fraction of sp³-hybridized carbons (Fsp3) is 0.100. The number of rotatable bonds is 1.